The molecule has 1 fully saturated rings. The molecular weight excluding hydrogens is 460 g/mol. The predicted octanol–water partition coefficient (Wildman–Crippen LogP) is 6.19. The van der Waals surface area contributed by atoms with Crippen molar-refractivity contribution in [3.8, 4) is 0 Å². The Bertz CT molecular complexity index is 725. The molecule has 168 valence electrons. The maximum absolute atomic E-state index is 12.9. The van der Waals surface area contributed by atoms with Gasteiger partial charge in [0.25, 0.3) is 0 Å². The Hall–Kier alpha value is -0.580. The Morgan fingerprint density at radius 2 is 2.07 bits per heavy atom. The number of hydrogen-bond donors (Lipinski definition) is 1. The maximum atomic E-state index is 12.9. The highest BCUT2D eigenvalue weighted by atomic mass is 79.9. The molecule has 0 aromatic carbocycles. The summed E-state index contributed by atoms with van der Waals surface area (Å²) in [6.07, 6.45) is 12.7. The van der Waals surface area contributed by atoms with Crippen molar-refractivity contribution >= 4 is 33.4 Å². The van der Waals surface area contributed by atoms with Gasteiger partial charge in [-0.25, -0.2) is 0 Å². The summed E-state index contributed by atoms with van der Waals surface area (Å²) in [5, 5.41) is 4.33. The summed E-state index contributed by atoms with van der Waals surface area (Å²) in [6.45, 7) is 12.3. The molecule has 1 N–H and O–H groups in total. The number of hydrogen-bond acceptors (Lipinski definition) is 2. The molecule has 3 atom stereocenters. The van der Waals surface area contributed by atoms with Gasteiger partial charge in [-0.2, -0.15) is 0 Å². The van der Waals surface area contributed by atoms with Crippen molar-refractivity contribution in [1.82, 2.24) is 10.2 Å². The SMILES string of the molecule is CC(C)[C@H](CN1CC[C@H](C2=CC=C(Cl)CC2)C(C)(C)C1)NC(=O)C1=CCCC(Br)C1. The van der Waals surface area contributed by atoms with Crippen LogP contribution in [0.4, 0.5) is 0 Å². The molecule has 1 unspecified atom stereocenters. The molecule has 0 spiro atoms. The van der Waals surface area contributed by atoms with E-state index >= 15 is 0 Å². The number of alkyl halides is 1. The highest BCUT2D eigenvalue weighted by Gasteiger charge is 2.38. The molecule has 3 nitrogen and oxygen atoms in total. The summed E-state index contributed by atoms with van der Waals surface area (Å²) in [7, 11) is 0. The Kier molecular flexibility index (Phi) is 8.31. The molecule has 1 amide bonds. The topological polar surface area (TPSA) is 32.3 Å². The van der Waals surface area contributed by atoms with Gasteiger partial charge in [0.2, 0.25) is 5.91 Å². The number of nitrogens with zero attached hydrogens (tertiary/aromatic N) is 1. The predicted molar refractivity (Wildman–Crippen MR) is 131 cm³/mol. The molecule has 1 saturated heterocycles. The van der Waals surface area contributed by atoms with Crippen LogP contribution in [0.2, 0.25) is 0 Å². The zero-order chi connectivity index (χ0) is 21.9. The van der Waals surface area contributed by atoms with Crippen LogP contribution < -0.4 is 5.32 Å². The second-order valence-corrected chi connectivity index (χ2v) is 12.1. The molecule has 0 bridgehead atoms. The summed E-state index contributed by atoms with van der Waals surface area (Å²) in [6, 6.07) is 0.178. The maximum Gasteiger partial charge on any atom is 0.247 e. The Labute approximate surface area is 196 Å². The largest absolute Gasteiger partial charge is 0.348 e. The van der Waals surface area contributed by atoms with Crippen LogP contribution in [-0.2, 0) is 4.79 Å². The molecule has 0 aromatic rings. The molecule has 5 heteroatoms. The van der Waals surface area contributed by atoms with Crippen molar-refractivity contribution in [2.75, 3.05) is 19.6 Å². The van der Waals surface area contributed by atoms with E-state index in [1.54, 1.807) is 5.57 Å². The molecule has 0 saturated carbocycles. The standard InChI is InChI=1S/C25H38BrClN2O/c1-17(2)23(28-24(30)19-6-5-7-20(26)14-19)15-29-13-12-22(25(3,4)16-29)18-8-10-21(27)11-9-18/h6,8,10,17,20,22-23H,5,7,9,11-16H2,1-4H3,(H,28,30)/t20?,22-,23+/m1/s1. The minimum atomic E-state index is 0.128. The summed E-state index contributed by atoms with van der Waals surface area (Å²) in [4.78, 5) is 15.9. The third-order valence-corrected chi connectivity index (χ3v) is 8.16. The second kappa shape index (κ2) is 10.4. The minimum Gasteiger partial charge on any atom is -0.348 e. The Morgan fingerprint density at radius 3 is 2.67 bits per heavy atom. The Morgan fingerprint density at radius 1 is 1.30 bits per heavy atom. The monoisotopic (exact) mass is 496 g/mol. The lowest BCUT2D eigenvalue weighted by molar-refractivity contribution is -0.119. The summed E-state index contributed by atoms with van der Waals surface area (Å²) in [5.74, 6) is 1.15. The first-order valence-electron chi connectivity index (χ1n) is 11.6. The summed E-state index contributed by atoms with van der Waals surface area (Å²) >= 11 is 9.86. The average molecular weight is 498 g/mol. The van der Waals surface area contributed by atoms with Crippen molar-refractivity contribution in [3.05, 3.63) is 34.4 Å². The highest BCUT2D eigenvalue weighted by molar-refractivity contribution is 9.09. The van der Waals surface area contributed by atoms with Gasteiger partial charge >= 0.3 is 0 Å². The first-order valence-corrected chi connectivity index (χ1v) is 12.9. The lowest BCUT2D eigenvalue weighted by Gasteiger charge is -2.47. The number of piperidine rings is 1. The summed E-state index contributed by atoms with van der Waals surface area (Å²) in [5.41, 5.74) is 2.73. The van der Waals surface area contributed by atoms with Gasteiger partial charge in [-0.05, 0) is 68.4 Å². The van der Waals surface area contributed by atoms with Crippen LogP contribution in [0.5, 0.6) is 0 Å². The number of halogens is 2. The van der Waals surface area contributed by atoms with E-state index in [9.17, 15) is 4.79 Å². The third-order valence-electron chi connectivity index (χ3n) is 7.07. The van der Waals surface area contributed by atoms with Gasteiger partial charge in [0, 0.05) is 34.6 Å². The molecule has 3 rings (SSSR count). The lowest BCUT2D eigenvalue weighted by atomic mass is 9.68. The number of allylic oxidation sites excluding steroid dienone is 5. The van der Waals surface area contributed by atoms with E-state index in [1.165, 1.54) is 6.42 Å². The van der Waals surface area contributed by atoms with Gasteiger partial charge in [-0.1, -0.05) is 73.0 Å². The van der Waals surface area contributed by atoms with Gasteiger partial charge in [-0.15, -0.1) is 0 Å². The molecule has 30 heavy (non-hydrogen) atoms. The molecule has 1 heterocycles. The molecule has 0 aromatic heterocycles. The molecule has 3 aliphatic rings. The lowest BCUT2D eigenvalue weighted by Crippen LogP contribution is -2.53. The first kappa shape index (κ1) is 24.1. The minimum absolute atomic E-state index is 0.128. The molecule has 0 radical (unpaired) electrons. The molecule has 1 aliphatic heterocycles. The van der Waals surface area contributed by atoms with E-state index in [2.05, 4.69) is 72.1 Å². The van der Waals surface area contributed by atoms with Gasteiger partial charge in [0.1, 0.15) is 0 Å². The fourth-order valence-corrected chi connectivity index (χ4v) is 6.01. The first-order chi connectivity index (χ1) is 14.2. The third kappa shape index (κ3) is 6.23. The van der Waals surface area contributed by atoms with Crippen molar-refractivity contribution in [2.24, 2.45) is 17.3 Å². The normalized spacial score (nSPS) is 28.4. The number of amides is 1. The van der Waals surface area contributed by atoms with E-state index in [1.807, 2.05) is 0 Å². The van der Waals surface area contributed by atoms with Gasteiger partial charge in [-0.3, -0.25) is 4.79 Å². The number of carbonyl (C=O) groups is 1. The van der Waals surface area contributed by atoms with Gasteiger partial charge in [0.15, 0.2) is 0 Å². The second-order valence-electron chi connectivity index (χ2n) is 10.4. The van der Waals surface area contributed by atoms with Crippen molar-refractivity contribution in [3.63, 3.8) is 0 Å². The van der Waals surface area contributed by atoms with Crippen LogP contribution in [0, 0.1) is 17.3 Å². The quantitative estimate of drug-likeness (QED) is 0.444. The van der Waals surface area contributed by atoms with Crippen LogP contribution in [-0.4, -0.2) is 41.3 Å². The number of likely N-dealkylation sites (tertiary alicyclic amines) is 1. The van der Waals surface area contributed by atoms with Crippen LogP contribution in [0.3, 0.4) is 0 Å². The van der Waals surface area contributed by atoms with Gasteiger partial charge < -0.3 is 10.2 Å². The van der Waals surface area contributed by atoms with Crippen LogP contribution in [0.1, 0.15) is 66.2 Å². The van der Waals surface area contributed by atoms with E-state index in [0.717, 1.165) is 62.3 Å². The number of rotatable bonds is 6. The van der Waals surface area contributed by atoms with Crippen molar-refractivity contribution in [1.29, 1.82) is 0 Å². The smallest absolute Gasteiger partial charge is 0.247 e. The highest BCUT2D eigenvalue weighted by Crippen LogP contribution is 2.42. The fraction of sp³-hybridized carbons (Fsp3) is 0.720. The Balaban J connectivity index is 1.60. The van der Waals surface area contributed by atoms with E-state index in [0.29, 0.717) is 16.7 Å². The van der Waals surface area contributed by atoms with Gasteiger partial charge in [0.05, 0.1) is 0 Å². The van der Waals surface area contributed by atoms with E-state index in [-0.39, 0.29) is 17.4 Å². The number of carbonyl (C=O) groups excluding carboxylic acids is 1. The van der Waals surface area contributed by atoms with E-state index < -0.39 is 0 Å². The summed E-state index contributed by atoms with van der Waals surface area (Å²) < 4.78 is 0. The van der Waals surface area contributed by atoms with Crippen molar-refractivity contribution in [2.45, 2.75) is 77.1 Å². The van der Waals surface area contributed by atoms with Crippen LogP contribution in [0.25, 0.3) is 0 Å². The molecular formula is C25H38BrClN2O. The average Bonchev–Trinajstić information content (AvgIpc) is 2.67. The number of nitrogens with one attached hydrogen (secondary N) is 1. The van der Waals surface area contributed by atoms with Crippen LogP contribution >= 0.6 is 27.5 Å². The zero-order valence-electron chi connectivity index (χ0n) is 19.0. The van der Waals surface area contributed by atoms with Crippen LogP contribution in [0.15, 0.2) is 34.4 Å². The zero-order valence-corrected chi connectivity index (χ0v) is 21.4. The fourth-order valence-electron chi connectivity index (χ4n) is 5.24. The van der Waals surface area contributed by atoms with Crippen molar-refractivity contribution < 1.29 is 4.79 Å². The molecule has 2 aliphatic carbocycles. The van der Waals surface area contributed by atoms with E-state index in [4.69, 9.17) is 11.6 Å².